The Morgan fingerprint density at radius 3 is 2.20 bits per heavy atom. The van der Waals surface area contributed by atoms with Crippen molar-refractivity contribution in [2.45, 2.75) is 78.4 Å². The number of likely N-dealkylation sites (N-methyl/N-ethyl adjacent to an activating group) is 1. The molecule has 1 N–H and O–H groups in total. The van der Waals surface area contributed by atoms with Crippen LogP contribution in [0.25, 0.3) is 0 Å². The smallest absolute Gasteiger partial charge is 0.0857 e. The van der Waals surface area contributed by atoms with Gasteiger partial charge < -0.3 is 14.8 Å². The Bertz CT molecular complexity index is 256. The molecular weight excluding hydrogens is 250 g/mol. The van der Waals surface area contributed by atoms with E-state index in [9.17, 15) is 0 Å². The predicted molar refractivity (Wildman–Crippen MR) is 85.2 cm³/mol. The number of rotatable bonds is 9. The van der Waals surface area contributed by atoms with Crippen molar-refractivity contribution in [3.05, 3.63) is 0 Å². The summed E-state index contributed by atoms with van der Waals surface area (Å²) in [6.45, 7) is 14.5. The molecule has 0 aromatic carbocycles. The Morgan fingerprint density at radius 1 is 1.05 bits per heavy atom. The molecule has 0 amide bonds. The van der Waals surface area contributed by atoms with E-state index in [1.165, 1.54) is 12.8 Å². The first-order chi connectivity index (χ1) is 9.49. The largest absolute Gasteiger partial charge is 0.380 e. The monoisotopic (exact) mass is 285 g/mol. The standard InChI is InChI=1S/C17H35NO2/c1-6-13-19-14-15(18-7-2)17(20-8-3)11-9-16(4,5)10-12-17/h15,18H,6-14H2,1-5H3. The fourth-order valence-electron chi connectivity index (χ4n) is 3.22. The Kier molecular flexibility index (Phi) is 7.49. The van der Waals surface area contributed by atoms with Crippen molar-refractivity contribution in [2.75, 3.05) is 26.4 Å². The molecular formula is C17H35NO2. The Morgan fingerprint density at radius 2 is 1.70 bits per heavy atom. The average molecular weight is 285 g/mol. The minimum Gasteiger partial charge on any atom is -0.380 e. The molecule has 0 saturated heterocycles. The van der Waals surface area contributed by atoms with E-state index < -0.39 is 0 Å². The topological polar surface area (TPSA) is 30.5 Å². The Hall–Kier alpha value is -0.120. The van der Waals surface area contributed by atoms with Gasteiger partial charge >= 0.3 is 0 Å². The number of ether oxygens (including phenoxy) is 2. The lowest BCUT2D eigenvalue weighted by Crippen LogP contribution is -2.57. The first kappa shape index (κ1) is 17.9. The van der Waals surface area contributed by atoms with Crippen LogP contribution in [0.5, 0.6) is 0 Å². The minimum absolute atomic E-state index is 0.0337. The maximum Gasteiger partial charge on any atom is 0.0857 e. The van der Waals surface area contributed by atoms with Crippen LogP contribution in [-0.2, 0) is 9.47 Å². The summed E-state index contributed by atoms with van der Waals surface area (Å²) >= 11 is 0. The van der Waals surface area contributed by atoms with Crippen LogP contribution in [0.2, 0.25) is 0 Å². The lowest BCUT2D eigenvalue weighted by Gasteiger charge is -2.47. The molecule has 0 radical (unpaired) electrons. The highest BCUT2D eigenvalue weighted by atomic mass is 16.5. The quantitative estimate of drug-likeness (QED) is 0.654. The second-order valence-corrected chi connectivity index (χ2v) is 6.85. The summed E-state index contributed by atoms with van der Waals surface area (Å²) in [7, 11) is 0. The molecule has 0 aromatic rings. The zero-order valence-electron chi connectivity index (χ0n) is 14.3. The minimum atomic E-state index is -0.0337. The van der Waals surface area contributed by atoms with Crippen LogP contribution in [0.4, 0.5) is 0 Å². The lowest BCUT2D eigenvalue weighted by atomic mass is 9.68. The number of nitrogens with one attached hydrogen (secondary N) is 1. The number of hydrogen-bond donors (Lipinski definition) is 1. The van der Waals surface area contributed by atoms with Crippen molar-refractivity contribution in [1.29, 1.82) is 0 Å². The fraction of sp³-hybridized carbons (Fsp3) is 1.00. The number of hydrogen-bond acceptors (Lipinski definition) is 3. The van der Waals surface area contributed by atoms with Gasteiger partial charge in [0.15, 0.2) is 0 Å². The fourth-order valence-corrected chi connectivity index (χ4v) is 3.22. The van der Waals surface area contributed by atoms with E-state index in [4.69, 9.17) is 9.47 Å². The van der Waals surface area contributed by atoms with Crippen molar-refractivity contribution >= 4 is 0 Å². The van der Waals surface area contributed by atoms with Crippen LogP contribution in [-0.4, -0.2) is 38.0 Å². The molecule has 0 heterocycles. The van der Waals surface area contributed by atoms with Crippen LogP contribution in [0, 0.1) is 5.41 Å². The van der Waals surface area contributed by atoms with Gasteiger partial charge in [-0.25, -0.2) is 0 Å². The Labute approximate surface area is 125 Å². The summed E-state index contributed by atoms with van der Waals surface area (Å²) < 4.78 is 12.1. The van der Waals surface area contributed by atoms with Gasteiger partial charge in [0, 0.05) is 13.2 Å². The first-order valence-electron chi connectivity index (χ1n) is 8.44. The van der Waals surface area contributed by atoms with Crippen molar-refractivity contribution in [2.24, 2.45) is 5.41 Å². The van der Waals surface area contributed by atoms with Crippen molar-refractivity contribution in [1.82, 2.24) is 5.32 Å². The predicted octanol–water partition coefficient (Wildman–Crippen LogP) is 3.77. The molecule has 1 aliphatic carbocycles. The molecule has 120 valence electrons. The van der Waals surface area contributed by atoms with Crippen LogP contribution >= 0.6 is 0 Å². The van der Waals surface area contributed by atoms with Crippen LogP contribution < -0.4 is 5.32 Å². The molecule has 20 heavy (non-hydrogen) atoms. The molecule has 3 heteroatoms. The van der Waals surface area contributed by atoms with Gasteiger partial charge in [0.05, 0.1) is 18.2 Å². The van der Waals surface area contributed by atoms with Gasteiger partial charge in [-0.2, -0.15) is 0 Å². The van der Waals surface area contributed by atoms with Gasteiger partial charge in [0.1, 0.15) is 0 Å². The normalized spacial score (nSPS) is 22.6. The third kappa shape index (κ3) is 5.01. The summed E-state index contributed by atoms with van der Waals surface area (Å²) in [5, 5.41) is 3.61. The molecule has 0 aromatic heterocycles. The van der Waals surface area contributed by atoms with E-state index in [0.29, 0.717) is 11.5 Å². The van der Waals surface area contributed by atoms with Gasteiger partial charge in [-0.15, -0.1) is 0 Å². The van der Waals surface area contributed by atoms with E-state index in [2.05, 4.69) is 39.9 Å². The highest BCUT2D eigenvalue weighted by Crippen LogP contribution is 2.43. The molecule has 3 nitrogen and oxygen atoms in total. The SMILES string of the molecule is CCCOCC(NCC)C1(OCC)CCC(C)(C)CC1. The molecule has 1 fully saturated rings. The molecule has 1 aliphatic rings. The third-order valence-corrected chi connectivity index (χ3v) is 4.60. The van der Waals surface area contributed by atoms with Crippen molar-refractivity contribution < 1.29 is 9.47 Å². The van der Waals surface area contributed by atoms with Crippen LogP contribution in [0.1, 0.15) is 66.7 Å². The molecule has 1 atom stereocenters. The second-order valence-electron chi connectivity index (χ2n) is 6.85. The lowest BCUT2D eigenvalue weighted by molar-refractivity contribution is -0.119. The summed E-state index contributed by atoms with van der Waals surface area (Å²) in [6, 6.07) is 0.315. The zero-order chi connectivity index (χ0) is 15.1. The summed E-state index contributed by atoms with van der Waals surface area (Å²) in [4.78, 5) is 0. The first-order valence-corrected chi connectivity index (χ1v) is 8.44. The molecule has 1 unspecified atom stereocenters. The second kappa shape index (κ2) is 8.35. The van der Waals surface area contributed by atoms with Gasteiger partial charge in [0.25, 0.3) is 0 Å². The van der Waals surface area contributed by atoms with E-state index >= 15 is 0 Å². The van der Waals surface area contributed by atoms with Gasteiger partial charge in [-0.3, -0.25) is 0 Å². The molecule has 1 rings (SSSR count). The van der Waals surface area contributed by atoms with Crippen LogP contribution in [0.15, 0.2) is 0 Å². The Balaban J connectivity index is 2.73. The van der Waals surface area contributed by atoms with Gasteiger partial charge in [-0.05, 0) is 51.0 Å². The highest BCUT2D eigenvalue weighted by Gasteiger charge is 2.44. The van der Waals surface area contributed by atoms with Gasteiger partial charge in [0.2, 0.25) is 0 Å². The summed E-state index contributed by atoms with van der Waals surface area (Å²) in [6.07, 6.45) is 5.83. The molecule has 0 spiro atoms. The van der Waals surface area contributed by atoms with E-state index in [1.54, 1.807) is 0 Å². The molecule has 0 bridgehead atoms. The molecule has 0 aliphatic heterocycles. The molecule has 1 saturated carbocycles. The zero-order valence-corrected chi connectivity index (χ0v) is 14.3. The van der Waals surface area contributed by atoms with E-state index in [1.807, 2.05) is 0 Å². The van der Waals surface area contributed by atoms with Gasteiger partial charge in [-0.1, -0.05) is 27.7 Å². The maximum atomic E-state index is 6.27. The highest BCUT2D eigenvalue weighted by molar-refractivity contribution is 4.99. The van der Waals surface area contributed by atoms with E-state index in [0.717, 1.165) is 45.6 Å². The summed E-state index contributed by atoms with van der Waals surface area (Å²) in [5.74, 6) is 0. The third-order valence-electron chi connectivity index (χ3n) is 4.60. The van der Waals surface area contributed by atoms with E-state index in [-0.39, 0.29) is 5.60 Å². The summed E-state index contributed by atoms with van der Waals surface area (Å²) in [5.41, 5.74) is 0.426. The van der Waals surface area contributed by atoms with Crippen molar-refractivity contribution in [3.8, 4) is 0 Å². The maximum absolute atomic E-state index is 6.27. The average Bonchev–Trinajstić information content (AvgIpc) is 2.41. The van der Waals surface area contributed by atoms with Crippen molar-refractivity contribution in [3.63, 3.8) is 0 Å². The van der Waals surface area contributed by atoms with Crippen LogP contribution in [0.3, 0.4) is 0 Å².